The summed E-state index contributed by atoms with van der Waals surface area (Å²) in [6.45, 7) is 3.86. The van der Waals surface area contributed by atoms with Crippen LogP contribution in [-0.4, -0.2) is 21.4 Å². The highest BCUT2D eigenvalue weighted by Crippen LogP contribution is 2.28. The molecule has 1 aromatic carbocycles. The van der Waals surface area contributed by atoms with Crippen LogP contribution in [0, 0.1) is 5.92 Å². The summed E-state index contributed by atoms with van der Waals surface area (Å²) in [7, 11) is 0. The quantitative estimate of drug-likeness (QED) is 0.658. The van der Waals surface area contributed by atoms with E-state index in [1.165, 1.54) is 17.6 Å². The molecule has 0 bridgehead atoms. The normalized spacial score (nSPS) is 16.6. The minimum absolute atomic E-state index is 0.0140. The number of aromatic nitrogens is 2. The molecule has 142 valence electrons. The number of nitrogens with zero attached hydrogens (tertiary/aromatic N) is 1. The van der Waals surface area contributed by atoms with E-state index in [2.05, 4.69) is 14.7 Å². The van der Waals surface area contributed by atoms with Crippen LogP contribution in [0.3, 0.4) is 0 Å². The van der Waals surface area contributed by atoms with Gasteiger partial charge >= 0.3 is 6.09 Å². The van der Waals surface area contributed by atoms with E-state index in [4.69, 9.17) is 4.74 Å². The maximum absolute atomic E-state index is 12.8. The van der Waals surface area contributed by atoms with Crippen molar-refractivity contribution in [2.75, 3.05) is 0 Å². The fraction of sp³-hybridized carbons (Fsp3) is 0.200. The number of pyridine rings is 1. The van der Waals surface area contributed by atoms with E-state index in [0.717, 1.165) is 15.6 Å². The third-order valence-corrected chi connectivity index (χ3v) is 5.42. The predicted octanol–water partition coefficient (Wildman–Crippen LogP) is 3.54. The molecule has 0 spiro atoms. The number of carbonyl (C=O) groups is 2. The average molecular weight is 395 g/mol. The van der Waals surface area contributed by atoms with E-state index in [1.807, 2.05) is 44.3 Å². The Morgan fingerprint density at radius 1 is 1.14 bits per heavy atom. The molecule has 1 unspecified atom stereocenters. The lowest BCUT2D eigenvalue weighted by molar-refractivity contribution is -0.116. The fourth-order valence-corrected chi connectivity index (χ4v) is 3.87. The van der Waals surface area contributed by atoms with Gasteiger partial charge in [-0.25, -0.2) is 4.79 Å². The van der Waals surface area contributed by atoms with Gasteiger partial charge in [-0.15, -0.1) is 0 Å². The molecule has 1 atom stereocenters. The number of cyclic esters (lactones) is 1. The van der Waals surface area contributed by atoms with Gasteiger partial charge in [0.2, 0.25) is 0 Å². The van der Waals surface area contributed by atoms with Gasteiger partial charge in [0.25, 0.3) is 11.5 Å². The maximum atomic E-state index is 12.8. The highest BCUT2D eigenvalue weighted by Gasteiger charge is 2.29. The minimum Gasteiger partial charge on any atom is -0.404 e. The number of H-pyrrole nitrogens is 1. The van der Waals surface area contributed by atoms with E-state index in [1.54, 1.807) is 6.07 Å². The molecule has 1 aliphatic heterocycles. The van der Waals surface area contributed by atoms with E-state index >= 15 is 0 Å². The molecule has 2 amide bonds. The summed E-state index contributed by atoms with van der Waals surface area (Å²) in [6.07, 6.45) is 2.53. The van der Waals surface area contributed by atoms with Crippen LogP contribution in [-0.2, 0) is 9.53 Å². The van der Waals surface area contributed by atoms with Gasteiger partial charge in [0.1, 0.15) is 0 Å². The molecule has 7 nitrogen and oxygen atoms in total. The summed E-state index contributed by atoms with van der Waals surface area (Å²) in [5.41, 5.74) is 1.84. The van der Waals surface area contributed by atoms with E-state index in [-0.39, 0.29) is 23.2 Å². The largest absolute Gasteiger partial charge is 0.419 e. The first kappa shape index (κ1) is 18.1. The van der Waals surface area contributed by atoms with E-state index in [0.29, 0.717) is 11.3 Å². The molecule has 2 aromatic heterocycles. The van der Waals surface area contributed by atoms with Crippen LogP contribution in [0.5, 0.6) is 0 Å². The van der Waals surface area contributed by atoms with Crippen LogP contribution in [0.15, 0.2) is 53.2 Å². The summed E-state index contributed by atoms with van der Waals surface area (Å²) in [5, 5.41) is 3.12. The first-order valence-electron chi connectivity index (χ1n) is 8.75. The zero-order valence-electron chi connectivity index (χ0n) is 15.2. The lowest BCUT2D eigenvalue weighted by Crippen LogP contribution is -2.21. The van der Waals surface area contributed by atoms with Crippen molar-refractivity contribution < 1.29 is 14.3 Å². The number of benzene rings is 1. The molecule has 4 rings (SSSR count). The molecule has 0 aliphatic carbocycles. The summed E-state index contributed by atoms with van der Waals surface area (Å²) in [6, 6.07) is 9.48. The molecular formula is C20H17N3O4S. The average Bonchev–Trinajstić information content (AvgIpc) is 3.24. The number of amides is 2. The van der Waals surface area contributed by atoms with Gasteiger partial charge < -0.3 is 9.72 Å². The standard InChI is InChI=1S/C20H17N3O4S/c1-10(2)14(8-16-19(25)23-20(26)27-16)13-5-6-15(22-18(13)24)11-3-4-12-9-21-28-17(12)7-11/h3-10,14H,1-2H3,(H,22,24)(H,23,25,26)/b16-8-. The predicted molar refractivity (Wildman–Crippen MR) is 106 cm³/mol. The number of hydrogen-bond acceptors (Lipinski definition) is 6. The van der Waals surface area contributed by atoms with Crippen molar-refractivity contribution >= 4 is 33.6 Å². The second kappa shape index (κ2) is 7.05. The maximum Gasteiger partial charge on any atom is 0.419 e. The van der Waals surface area contributed by atoms with E-state index in [9.17, 15) is 14.4 Å². The van der Waals surface area contributed by atoms with Gasteiger partial charge in [-0.2, -0.15) is 4.37 Å². The Bertz CT molecular complexity index is 1180. The molecule has 0 saturated carbocycles. The molecule has 8 heteroatoms. The fourth-order valence-electron chi connectivity index (χ4n) is 3.18. The number of alkyl carbamates (subject to hydrolysis) is 1. The number of nitrogens with one attached hydrogen (secondary N) is 2. The van der Waals surface area contributed by atoms with Crippen LogP contribution in [0.2, 0.25) is 0 Å². The Labute approximate surface area is 164 Å². The second-order valence-electron chi connectivity index (χ2n) is 6.88. The molecule has 1 fully saturated rings. The van der Waals surface area contributed by atoms with Crippen LogP contribution in [0.1, 0.15) is 25.3 Å². The molecular weight excluding hydrogens is 378 g/mol. The van der Waals surface area contributed by atoms with Gasteiger partial charge in [0.05, 0.1) is 4.70 Å². The number of imide groups is 1. The lowest BCUT2D eigenvalue weighted by atomic mass is 9.88. The molecule has 1 aliphatic rings. The number of aromatic amines is 1. The van der Waals surface area contributed by atoms with Crippen molar-refractivity contribution in [1.82, 2.24) is 14.7 Å². The molecule has 2 N–H and O–H groups in total. The van der Waals surface area contributed by atoms with Crippen molar-refractivity contribution in [2.24, 2.45) is 5.92 Å². The molecule has 1 saturated heterocycles. The lowest BCUT2D eigenvalue weighted by Gasteiger charge is -2.17. The Morgan fingerprint density at radius 3 is 2.64 bits per heavy atom. The van der Waals surface area contributed by atoms with Gasteiger partial charge in [0, 0.05) is 28.8 Å². The Balaban J connectivity index is 1.71. The second-order valence-corrected chi connectivity index (χ2v) is 7.71. The van der Waals surface area contributed by atoms with Crippen LogP contribution in [0.25, 0.3) is 21.3 Å². The third kappa shape index (κ3) is 3.34. The number of hydrogen-bond donors (Lipinski definition) is 2. The SMILES string of the molecule is CC(C)C(/C=C1\OC(=O)NC1=O)c1ccc(-c2ccc3cnsc3c2)[nH]c1=O. The number of allylic oxidation sites excluding steroid dienone is 1. The molecule has 0 radical (unpaired) electrons. The van der Waals surface area contributed by atoms with Gasteiger partial charge in [0.15, 0.2) is 5.76 Å². The number of carbonyl (C=O) groups excluding carboxylic acids is 2. The smallest absolute Gasteiger partial charge is 0.404 e. The van der Waals surface area contributed by atoms with Crippen molar-refractivity contribution in [3.63, 3.8) is 0 Å². The third-order valence-electron chi connectivity index (χ3n) is 4.66. The number of ether oxygens (including phenoxy) is 1. The van der Waals surface area contributed by atoms with Gasteiger partial charge in [-0.1, -0.05) is 32.0 Å². The van der Waals surface area contributed by atoms with Gasteiger partial charge in [-0.3, -0.25) is 14.9 Å². The van der Waals surface area contributed by atoms with Crippen molar-refractivity contribution in [3.8, 4) is 11.3 Å². The van der Waals surface area contributed by atoms with Crippen molar-refractivity contribution in [2.45, 2.75) is 19.8 Å². The topological polar surface area (TPSA) is 101 Å². The monoisotopic (exact) mass is 395 g/mol. The summed E-state index contributed by atoms with van der Waals surface area (Å²) >= 11 is 1.40. The zero-order valence-corrected chi connectivity index (χ0v) is 16.0. The van der Waals surface area contributed by atoms with Crippen LogP contribution in [0.4, 0.5) is 4.79 Å². The van der Waals surface area contributed by atoms with Crippen LogP contribution >= 0.6 is 11.5 Å². The first-order valence-corrected chi connectivity index (χ1v) is 9.53. The highest BCUT2D eigenvalue weighted by atomic mass is 32.1. The summed E-state index contributed by atoms with van der Waals surface area (Å²) in [5.74, 6) is -1.04. The van der Waals surface area contributed by atoms with Crippen molar-refractivity contribution in [3.05, 3.63) is 64.3 Å². The Kier molecular flexibility index (Phi) is 4.56. The molecule has 28 heavy (non-hydrogen) atoms. The van der Waals surface area contributed by atoms with E-state index < -0.39 is 12.0 Å². The minimum atomic E-state index is -0.804. The van der Waals surface area contributed by atoms with Crippen LogP contribution < -0.4 is 10.9 Å². The summed E-state index contributed by atoms with van der Waals surface area (Å²) < 4.78 is 10.1. The molecule has 3 aromatic rings. The Morgan fingerprint density at radius 2 is 1.96 bits per heavy atom. The first-order chi connectivity index (χ1) is 13.4. The number of fused-ring (bicyclic) bond motifs is 1. The van der Waals surface area contributed by atoms with Gasteiger partial charge in [-0.05, 0) is 41.2 Å². The highest BCUT2D eigenvalue weighted by molar-refractivity contribution is 7.13. The molecule has 3 heterocycles. The van der Waals surface area contributed by atoms with Crippen molar-refractivity contribution in [1.29, 1.82) is 0 Å². The zero-order chi connectivity index (χ0) is 19.8. The summed E-state index contributed by atoms with van der Waals surface area (Å²) in [4.78, 5) is 38.7. The Hall–Kier alpha value is -3.26. The number of rotatable bonds is 4.